The number of ether oxygens (including phenoxy) is 1. The Bertz CT molecular complexity index is 605. The fourth-order valence-corrected chi connectivity index (χ4v) is 1.84. The van der Waals surface area contributed by atoms with Crippen molar-refractivity contribution in [1.29, 1.82) is 0 Å². The molecule has 0 aliphatic rings. The van der Waals surface area contributed by atoms with Crippen molar-refractivity contribution in [3.8, 4) is 5.75 Å². The van der Waals surface area contributed by atoms with Crippen LogP contribution in [0.5, 0.6) is 5.75 Å². The first-order valence-electron chi connectivity index (χ1n) is 6.70. The second kappa shape index (κ2) is 6.86. The Morgan fingerprint density at radius 3 is 2.55 bits per heavy atom. The van der Waals surface area contributed by atoms with Crippen molar-refractivity contribution in [3.05, 3.63) is 58.0 Å². The molecule has 0 saturated heterocycles. The Kier molecular flexibility index (Phi) is 4.90. The third-order valence-corrected chi connectivity index (χ3v) is 2.99. The lowest BCUT2D eigenvalue weighted by atomic mass is 10.1. The zero-order valence-corrected chi connectivity index (χ0v) is 11.6. The van der Waals surface area contributed by atoms with Crippen molar-refractivity contribution in [2.75, 3.05) is 13.2 Å². The maximum atomic E-state index is 11.9. The molecule has 0 radical (unpaired) electrons. The normalized spacial score (nSPS) is 10.5. The predicted molar refractivity (Wildman–Crippen MR) is 78.0 cm³/mol. The van der Waals surface area contributed by atoms with Crippen molar-refractivity contribution in [1.82, 2.24) is 9.78 Å². The molecule has 20 heavy (non-hydrogen) atoms. The predicted octanol–water partition coefficient (Wildman–Crippen LogP) is 1.19. The minimum absolute atomic E-state index is 0.181. The van der Waals surface area contributed by atoms with E-state index in [0.717, 1.165) is 12.0 Å². The average Bonchev–Trinajstić information content (AvgIpc) is 2.48. The summed E-state index contributed by atoms with van der Waals surface area (Å²) in [6, 6.07) is 9.61. The average molecular weight is 273 g/mol. The molecule has 1 heterocycles. The van der Waals surface area contributed by atoms with Crippen LogP contribution in [0.4, 0.5) is 0 Å². The smallest absolute Gasteiger partial charge is 0.270 e. The van der Waals surface area contributed by atoms with E-state index in [1.807, 2.05) is 12.1 Å². The highest BCUT2D eigenvalue weighted by Gasteiger charge is 2.02. The van der Waals surface area contributed by atoms with Crippen LogP contribution in [0.25, 0.3) is 0 Å². The highest BCUT2D eigenvalue weighted by molar-refractivity contribution is 5.23. The first-order chi connectivity index (χ1) is 9.72. The second-order valence-electron chi connectivity index (χ2n) is 4.49. The third-order valence-electron chi connectivity index (χ3n) is 2.99. The Morgan fingerprint density at radius 1 is 1.25 bits per heavy atom. The van der Waals surface area contributed by atoms with Gasteiger partial charge in [0, 0.05) is 12.6 Å². The highest BCUT2D eigenvalue weighted by Crippen LogP contribution is 2.07. The van der Waals surface area contributed by atoms with E-state index in [-0.39, 0.29) is 5.56 Å². The van der Waals surface area contributed by atoms with Crippen LogP contribution in [0.2, 0.25) is 0 Å². The molecule has 0 saturated carbocycles. The van der Waals surface area contributed by atoms with Gasteiger partial charge in [-0.1, -0.05) is 31.2 Å². The molecule has 5 heteroatoms. The summed E-state index contributed by atoms with van der Waals surface area (Å²) in [5.41, 5.74) is 7.49. The molecular weight excluding hydrogens is 254 g/mol. The Balaban J connectivity index is 2.10. The number of aryl methyl sites for hydroxylation is 1. The topological polar surface area (TPSA) is 70.1 Å². The lowest BCUT2D eigenvalue weighted by molar-refractivity contribution is 0.324. The summed E-state index contributed by atoms with van der Waals surface area (Å²) in [7, 11) is 0. The number of aromatic nitrogens is 2. The van der Waals surface area contributed by atoms with E-state index in [4.69, 9.17) is 10.5 Å². The molecule has 106 valence electrons. The van der Waals surface area contributed by atoms with Gasteiger partial charge in [0.15, 0.2) is 0 Å². The van der Waals surface area contributed by atoms with Gasteiger partial charge < -0.3 is 10.5 Å². The van der Waals surface area contributed by atoms with Gasteiger partial charge in [0.1, 0.15) is 12.4 Å². The molecule has 0 spiro atoms. The van der Waals surface area contributed by atoms with Crippen molar-refractivity contribution < 1.29 is 4.74 Å². The van der Waals surface area contributed by atoms with E-state index in [1.54, 1.807) is 0 Å². The van der Waals surface area contributed by atoms with Gasteiger partial charge in [-0.3, -0.25) is 4.79 Å². The van der Waals surface area contributed by atoms with Crippen LogP contribution < -0.4 is 16.0 Å². The molecule has 0 unspecified atom stereocenters. The molecule has 2 N–H and O–H groups in total. The third kappa shape index (κ3) is 3.68. The van der Waals surface area contributed by atoms with Crippen LogP contribution >= 0.6 is 0 Å². The van der Waals surface area contributed by atoms with E-state index >= 15 is 0 Å². The monoisotopic (exact) mass is 273 g/mol. The molecule has 1 aromatic carbocycles. The number of nitrogens with zero attached hydrogens (tertiary/aromatic N) is 2. The summed E-state index contributed by atoms with van der Waals surface area (Å²) in [5.74, 6) is 0.457. The molecule has 0 aliphatic heterocycles. The van der Waals surface area contributed by atoms with Gasteiger partial charge in [0.05, 0.1) is 12.7 Å². The van der Waals surface area contributed by atoms with Crippen LogP contribution in [0, 0.1) is 0 Å². The molecule has 5 nitrogen and oxygen atoms in total. The highest BCUT2D eigenvalue weighted by atomic mass is 16.5. The summed E-state index contributed by atoms with van der Waals surface area (Å²) in [4.78, 5) is 11.9. The van der Waals surface area contributed by atoms with E-state index in [2.05, 4.69) is 24.2 Å². The van der Waals surface area contributed by atoms with Crippen LogP contribution in [0.15, 0.2) is 41.3 Å². The Hall–Kier alpha value is -2.14. The summed E-state index contributed by atoms with van der Waals surface area (Å²) in [6.07, 6.45) is 2.54. The van der Waals surface area contributed by atoms with Gasteiger partial charge in [0.2, 0.25) is 0 Å². The van der Waals surface area contributed by atoms with Crippen molar-refractivity contribution in [3.63, 3.8) is 0 Å². The Morgan fingerprint density at radius 2 is 1.95 bits per heavy atom. The first-order valence-corrected chi connectivity index (χ1v) is 6.70. The zero-order chi connectivity index (χ0) is 14.4. The summed E-state index contributed by atoms with van der Waals surface area (Å²) >= 11 is 0. The molecule has 0 aliphatic carbocycles. The maximum Gasteiger partial charge on any atom is 0.270 e. The van der Waals surface area contributed by atoms with E-state index < -0.39 is 0 Å². The fourth-order valence-electron chi connectivity index (χ4n) is 1.84. The molecular formula is C15H19N3O2. The van der Waals surface area contributed by atoms with Crippen molar-refractivity contribution in [2.24, 2.45) is 5.73 Å². The van der Waals surface area contributed by atoms with E-state index in [1.165, 1.54) is 22.5 Å². The minimum Gasteiger partial charge on any atom is -0.490 e. The van der Waals surface area contributed by atoms with E-state index in [0.29, 0.717) is 25.4 Å². The lowest BCUT2D eigenvalue weighted by Crippen LogP contribution is -2.23. The molecule has 0 atom stereocenters. The van der Waals surface area contributed by atoms with Crippen LogP contribution in [0.1, 0.15) is 18.1 Å². The number of nitrogens with two attached hydrogens (primary N) is 1. The van der Waals surface area contributed by atoms with Gasteiger partial charge in [-0.05, 0) is 17.5 Å². The van der Waals surface area contributed by atoms with Gasteiger partial charge in [-0.2, -0.15) is 5.10 Å². The van der Waals surface area contributed by atoms with Crippen LogP contribution in [0.3, 0.4) is 0 Å². The molecule has 1 aromatic heterocycles. The number of rotatable bonds is 6. The molecule has 0 bridgehead atoms. The van der Waals surface area contributed by atoms with Crippen LogP contribution in [-0.4, -0.2) is 22.9 Å². The number of benzene rings is 1. The summed E-state index contributed by atoms with van der Waals surface area (Å²) < 4.78 is 6.68. The Labute approximate surface area is 118 Å². The van der Waals surface area contributed by atoms with Crippen molar-refractivity contribution >= 4 is 0 Å². The molecule has 2 rings (SSSR count). The minimum atomic E-state index is -0.181. The number of hydrogen-bond acceptors (Lipinski definition) is 4. The lowest BCUT2D eigenvalue weighted by Gasteiger charge is -2.07. The molecule has 2 aromatic rings. The largest absolute Gasteiger partial charge is 0.490 e. The second-order valence-corrected chi connectivity index (χ2v) is 4.49. The van der Waals surface area contributed by atoms with Gasteiger partial charge in [-0.25, -0.2) is 4.68 Å². The van der Waals surface area contributed by atoms with Gasteiger partial charge in [-0.15, -0.1) is 0 Å². The first kappa shape index (κ1) is 14.3. The maximum absolute atomic E-state index is 11.9. The SMILES string of the molecule is CCc1ccc(Cn2ncc(OCCN)cc2=O)cc1. The molecule has 0 fully saturated rings. The van der Waals surface area contributed by atoms with Gasteiger partial charge in [0.25, 0.3) is 5.56 Å². The van der Waals surface area contributed by atoms with E-state index in [9.17, 15) is 4.79 Å². The van der Waals surface area contributed by atoms with Crippen LogP contribution in [-0.2, 0) is 13.0 Å². The fraction of sp³-hybridized carbons (Fsp3) is 0.333. The zero-order valence-electron chi connectivity index (χ0n) is 11.6. The van der Waals surface area contributed by atoms with Gasteiger partial charge >= 0.3 is 0 Å². The molecule has 0 amide bonds. The van der Waals surface area contributed by atoms with Crippen molar-refractivity contribution in [2.45, 2.75) is 19.9 Å². The quantitative estimate of drug-likeness (QED) is 0.858. The summed E-state index contributed by atoms with van der Waals surface area (Å²) in [6.45, 7) is 3.36. The standard InChI is InChI=1S/C15H19N3O2/c1-2-12-3-5-13(6-4-12)11-18-15(19)9-14(10-17-18)20-8-7-16/h3-6,9-10H,2,7-8,11,16H2,1H3. The number of hydrogen-bond donors (Lipinski definition) is 1. The summed E-state index contributed by atoms with van der Waals surface area (Å²) in [5, 5.41) is 4.11.